The standard InChI is InChI=1S/C27H22FN7O2/c1-14(2)26(36)34-18-7-4-16(5-8-18)23-21(22-24(29)31-13-32-25(22)35-23)17-6-9-20(19(28)12-17)37-27-30-11-10-15(3)33-27/h4-13H,1H2,2-3H3,(H,34,36)(H3,29,31,32,35). The molecule has 184 valence electrons. The lowest BCUT2D eigenvalue weighted by Crippen LogP contribution is -2.11. The van der Waals surface area contributed by atoms with Gasteiger partial charge in [-0.1, -0.05) is 24.8 Å². The number of fused-ring (bicyclic) bond motifs is 1. The molecule has 0 bridgehead atoms. The maximum absolute atomic E-state index is 15.2. The molecule has 0 saturated heterocycles. The fourth-order valence-electron chi connectivity index (χ4n) is 3.82. The number of hydrogen-bond acceptors (Lipinski definition) is 7. The van der Waals surface area contributed by atoms with Gasteiger partial charge in [-0.05, 0) is 55.3 Å². The first-order chi connectivity index (χ1) is 17.8. The Labute approximate surface area is 211 Å². The molecule has 0 atom stereocenters. The molecule has 5 rings (SSSR count). The molecule has 0 spiro atoms. The highest BCUT2D eigenvalue weighted by atomic mass is 19.1. The van der Waals surface area contributed by atoms with Gasteiger partial charge in [0.2, 0.25) is 0 Å². The van der Waals surface area contributed by atoms with E-state index in [-0.39, 0.29) is 23.5 Å². The van der Waals surface area contributed by atoms with Crippen LogP contribution in [0.1, 0.15) is 12.6 Å². The van der Waals surface area contributed by atoms with E-state index in [0.29, 0.717) is 44.8 Å². The number of nitrogens with one attached hydrogen (secondary N) is 2. The topological polar surface area (TPSA) is 132 Å². The predicted molar refractivity (Wildman–Crippen MR) is 139 cm³/mol. The maximum atomic E-state index is 15.2. The number of nitrogens with two attached hydrogens (primary N) is 1. The summed E-state index contributed by atoms with van der Waals surface area (Å²) < 4.78 is 20.8. The Balaban J connectivity index is 1.57. The molecule has 10 heteroatoms. The molecule has 0 aliphatic rings. The normalized spacial score (nSPS) is 10.9. The highest BCUT2D eigenvalue weighted by Crippen LogP contribution is 2.41. The number of nitrogen functional groups attached to an aromatic ring is 1. The van der Waals surface area contributed by atoms with Crippen molar-refractivity contribution in [2.75, 3.05) is 11.1 Å². The Morgan fingerprint density at radius 1 is 1.08 bits per heavy atom. The number of benzene rings is 2. The van der Waals surface area contributed by atoms with E-state index in [2.05, 4.69) is 36.8 Å². The van der Waals surface area contributed by atoms with Gasteiger partial charge in [-0.3, -0.25) is 4.79 Å². The monoisotopic (exact) mass is 495 g/mol. The van der Waals surface area contributed by atoms with Crippen molar-refractivity contribution < 1.29 is 13.9 Å². The van der Waals surface area contributed by atoms with Crippen molar-refractivity contribution in [1.29, 1.82) is 0 Å². The summed E-state index contributed by atoms with van der Waals surface area (Å²) >= 11 is 0. The van der Waals surface area contributed by atoms with E-state index in [4.69, 9.17) is 10.5 Å². The lowest BCUT2D eigenvalue weighted by Gasteiger charge is -2.10. The average Bonchev–Trinajstić information content (AvgIpc) is 3.27. The molecule has 0 aliphatic carbocycles. The van der Waals surface area contributed by atoms with E-state index in [0.717, 1.165) is 5.56 Å². The van der Waals surface area contributed by atoms with Gasteiger partial charge in [-0.2, -0.15) is 0 Å². The maximum Gasteiger partial charge on any atom is 0.322 e. The Morgan fingerprint density at radius 2 is 1.84 bits per heavy atom. The highest BCUT2D eigenvalue weighted by Gasteiger charge is 2.20. The Bertz CT molecular complexity index is 1660. The van der Waals surface area contributed by atoms with Crippen molar-refractivity contribution in [3.05, 3.63) is 84.7 Å². The summed E-state index contributed by atoms with van der Waals surface area (Å²) in [5, 5.41) is 3.34. The third-order valence-electron chi connectivity index (χ3n) is 5.63. The van der Waals surface area contributed by atoms with Crippen molar-refractivity contribution >= 4 is 28.4 Å². The Morgan fingerprint density at radius 3 is 2.54 bits per heavy atom. The first kappa shape index (κ1) is 23.6. The molecule has 0 unspecified atom stereocenters. The second-order valence-corrected chi connectivity index (χ2v) is 8.40. The van der Waals surface area contributed by atoms with Crippen LogP contribution in [0.3, 0.4) is 0 Å². The molecule has 37 heavy (non-hydrogen) atoms. The molecule has 2 aromatic carbocycles. The minimum atomic E-state index is -0.601. The van der Waals surface area contributed by atoms with Crippen molar-refractivity contribution in [1.82, 2.24) is 24.9 Å². The summed E-state index contributed by atoms with van der Waals surface area (Å²) in [7, 11) is 0. The van der Waals surface area contributed by atoms with Crippen molar-refractivity contribution in [2.45, 2.75) is 13.8 Å². The second kappa shape index (κ2) is 9.50. The number of ether oxygens (including phenoxy) is 1. The van der Waals surface area contributed by atoms with Crippen LogP contribution in [0.5, 0.6) is 11.8 Å². The summed E-state index contributed by atoms with van der Waals surface area (Å²) in [6.07, 6.45) is 2.90. The summed E-state index contributed by atoms with van der Waals surface area (Å²) in [4.78, 5) is 31.8. The highest BCUT2D eigenvalue weighted by molar-refractivity contribution is 6.07. The van der Waals surface area contributed by atoms with E-state index in [1.54, 1.807) is 44.3 Å². The van der Waals surface area contributed by atoms with Crippen LogP contribution < -0.4 is 15.8 Å². The minimum absolute atomic E-state index is 0.0161. The quantitative estimate of drug-likeness (QED) is 0.268. The first-order valence-corrected chi connectivity index (χ1v) is 11.3. The summed E-state index contributed by atoms with van der Waals surface area (Å²) in [6.45, 7) is 7.07. The third-order valence-corrected chi connectivity index (χ3v) is 5.63. The predicted octanol–water partition coefficient (Wildman–Crippen LogP) is 5.42. The molecule has 1 amide bonds. The molecule has 0 aliphatic heterocycles. The van der Waals surface area contributed by atoms with Crippen molar-refractivity contribution in [3.63, 3.8) is 0 Å². The smallest absolute Gasteiger partial charge is 0.322 e. The number of H-pyrrole nitrogens is 1. The molecular formula is C27H22FN7O2. The average molecular weight is 496 g/mol. The van der Waals surface area contributed by atoms with Gasteiger partial charge < -0.3 is 20.8 Å². The number of carbonyl (C=O) groups is 1. The number of nitrogens with zero attached hydrogens (tertiary/aromatic N) is 4. The van der Waals surface area contributed by atoms with Gasteiger partial charge in [0, 0.05) is 28.7 Å². The molecule has 0 radical (unpaired) electrons. The first-order valence-electron chi connectivity index (χ1n) is 11.3. The lowest BCUT2D eigenvalue weighted by atomic mass is 9.98. The molecule has 3 aromatic heterocycles. The Hall–Kier alpha value is -5.12. The van der Waals surface area contributed by atoms with Crippen LogP contribution in [0.25, 0.3) is 33.4 Å². The Kier molecular flexibility index (Phi) is 6.06. The van der Waals surface area contributed by atoms with Gasteiger partial charge in [-0.25, -0.2) is 24.3 Å². The number of carbonyl (C=O) groups excluding carboxylic acids is 1. The van der Waals surface area contributed by atoms with E-state index in [9.17, 15) is 4.79 Å². The van der Waals surface area contributed by atoms with E-state index >= 15 is 4.39 Å². The van der Waals surface area contributed by atoms with Gasteiger partial charge in [-0.15, -0.1) is 0 Å². The molecule has 9 nitrogen and oxygen atoms in total. The van der Waals surface area contributed by atoms with Crippen LogP contribution >= 0.6 is 0 Å². The van der Waals surface area contributed by atoms with Gasteiger partial charge in [0.25, 0.3) is 5.91 Å². The zero-order valence-electron chi connectivity index (χ0n) is 20.0. The zero-order valence-corrected chi connectivity index (χ0v) is 20.0. The summed E-state index contributed by atoms with van der Waals surface area (Å²) in [5.41, 5.74) is 11.0. The van der Waals surface area contributed by atoms with E-state index in [1.807, 2.05) is 12.1 Å². The van der Waals surface area contributed by atoms with Crippen molar-refractivity contribution in [3.8, 4) is 34.1 Å². The van der Waals surface area contributed by atoms with Crippen LogP contribution in [0, 0.1) is 12.7 Å². The van der Waals surface area contributed by atoms with Crippen LogP contribution in [0.4, 0.5) is 15.9 Å². The lowest BCUT2D eigenvalue weighted by molar-refractivity contribution is -0.112. The number of aromatic amines is 1. The van der Waals surface area contributed by atoms with Gasteiger partial charge in [0.1, 0.15) is 17.8 Å². The number of anilines is 2. The number of halogens is 1. The van der Waals surface area contributed by atoms with Gasteiger partial charge in [0.15, 0.2) is 11.6 Å². The largest absolute Gasteiger partial charge is 0.421 e. The SMILES string of the molecule is C=C(C)C(=O)Nc1ccc(-c2[nH]c3ncnc(N)c3c2-c2ccc(Oc3nccc(C)n3)c(F)c2)cc1. The molecule has 3 heterocycles. The summed E-state index contributed by atoms with van der Waals surface area (Å²) in [6, 6.07) is 13.5. The van der Waals surface area contributed by atoms with Gasteiger partial charge in [0.05, 0.1) is 11.1 Å². The van der Waals surface area contributed by atoms with Crippen LogP contribution in [0.2, 0.25) is 0 Å². The van der Waals surface area contributed by atoms with Crippen LogP contribution in [-0.2, 0) is 4.79 Å². The third kappa shape index (κ3) is 4.72. The fourth-order valence-corrected chi connectivity index (χ4v) is 3.82. The van der Waals surface area contributed by atoms with E-state index in [1.165, 1.54) is 18.5 Å². The number of hydrogen-bond donors (Lipinski definition) is 3. The van der Waals surface area contributed by atoms with Crippen molar-refractivity contribution in [2.24, 2.45) is 0 Å². The molecular weight excluding hydrogens is 473 g/mol. The number of amides is 1. The molecule has 0 saturated carbocycles. The minimum Gasteiger partial charge on any atom is -0.421 e. The summed E-state index contributed by atoms with van der Waals surface area (Å²) in [5.74, 6) is -0.633. The fraction of sp³-hybridized carbons (Fsp3) is 0.0741. The van der Waals surface area contributed by atoms with E-state index < -0.39 is 5.82 Å². The second-order valence-electron chi connectivity index (χ2n) is 8.40. The number of aromatic nitrogens is 5. The number of rotatable bonds is 6. The molecule has 4 N–H and O–H groups in total. The zero-order chi connectivity index (χ0) is 26.1. The number of aryl methyl sites for hydroxylation is 1. The molecule has 5 aromatic rings. The van der Waals surface area contributed by atoms with Gasteiger partial charge >= 0.3 is 6.01 Å². The molecule has 0 fully saturated rings. The van der Waals surface area contributed by atoms with Crippen LogP contribution in [-0.4, -0.2) is 30.8 Å². The van der Waals surface area contributed by atoms with Crippen LogP contribution in [0.15, 0.2) is 73.2 Å².